The number of carbonyl (C=O) groups is 3. The van der Waals surface area contributed by atoms with Gasteiger partial charge in [0.15, 0.2) is 0 Å². The lowest BCUT2D eigenvalue weighted by Crippen LogP contribution is -2.21. The molecule has 0 aliphatic heterocycles. The van der Waals surface area contributed by atoms with E-state index >= 15 is 0 Å². The van der Waals surface area contributed by atoms with Gasteiger partial charge < -0.3 is 26.4 Å². The van der Waals surface area contributed by atoms with E-state index in [-0.39, 0.29) is 28.3 Å². The molecule has 12 heteroatoms. The molecule has 4 amide bonds. The summed E-state index contributed by atoms with van der Waals surface area (Å²) in [7, 11) is 0. The van der Waals surface area contributed by atoms with Crippen molar-refractivity contribution in [2.45, 2.75) is 0 Å². The second-order valence-electron chi connectivity index (χ2n) is 6.58. The van der Waals surface area contributed by atoms with Gasteiger partial charge in [0.05, 0.1) is 5.56 Å². The Morgan fingerprint density at radius 2 is 0.818 bits per heavy atom. The van der Waals surface area contributed by atoms with Crippen LogP contribution in [0, 0.1) is 23.3 Å². The molecule has 0 heterocycles. The number of anilines is 4. The number of nitrogens with one attached hydrogen (secondary N) is 4. The van der Waals surface area contributed by atoms with E-state index in [2.05, 4.69) is 21.3 Å². The number of amides is 4. The summed E-state index contributed by atoms with van der Waals surface area (Å²) in [6.45, 7) is 0. The lowest BCUT2D eigenvalue weighted by atomic mass is 10.1. The number of hydrogen-bond donors (Lipinski definition) is 5. The highest BCUT2D eigenvalue weighted by Crippen LogP contribution is 2.21. The van der Waals surface area contributed by atoms with Crippen LogP contribution in [-0.4, -0.2) is 23.1 Å². The van der Waals surface area contributed by atoms with Crippen molar-refractivity contribution in [3.63, 3.8) is 0 Å². The summed E-state index contributed by atoms with van der Waals surface area (Å²) in [6.07, 6.45) is 0. The maximum Gasteiger partial charge on any atom is 0.335 e. The van der Waals surface area contributed by atoms with Crippen LogP contribution in [0.2, 0.25) is 0 Å². The molecule has 0 atom stereocenters. The van der Waals surface area contributed by atoms with E-state index in [0.717, 1.165) is 36.4 Å². The zero-order valence-electron chi connectivity index (χ0n) is 16.4. The minimum atomic E-state index is -1.39. The van der Waals surface area contributed by atoms with Crippen LogP contribution in [0.4, 0.5) is 49.9 Å². The van der Waals surface area contributed by atoms with Gasteiger partial charge in [0, 0.05) is 34.9 Å². The van der Waals surface area contributed by atoms with E-state index in [1.807, 2.05) is 0 Å². The minimum absolute atomic E-state index is 0.0867. The molecule has 3 rings (SSSR count). The molecule has 170 valence electrons. The summed E-state index contributed by atoms with van der Waals surface area (Å²) >= 11 is 0. The number of benzene rings is 3. The average molecular weight is 462 g/mol. The highest BCUT2D eigenvalue weighted by atomic mass is 19.1. The molecule has 0 saturated heterocycles. The molecular weight excluding hydrogens is 448 g/mol. The normalized spacial score (nSPS) is 10.3. The van der Waals surface area contributed by atoms with Crippen LogP contribution < -0.4 is 21.3 Å². The molecule has 0 aliphatic rings. The number of halogens is 4. The fraction of sp³-hybridized carbons (Fsp3) is 0. The topological polar surface area (TPSA) is 120 Å². The van der Waals surface area contributed by atoms with Crippen LogP contribution in [-0.2, 0) is 0 Å². The van der Waals surface area contributed by atoms with Crippen molar-refractivity contribution >= 4 is 40.8 Å². The number of carboxylic acids is 1. The molecule has 33 heavy (non-hydrogen) atoms. The van der Waals surface area contributed by atoms with Gasteiger partial charge in [0.2, 0.25) is 0 Å². The van der Waals surface area contributed by atoms with E-state index in [1.165, 1.54) is 6.07 Å². The smallest absolute Gasteiger partial charge is 0.335 e. The quantitative estimate of drug-likeness (QED) is 0.334. The van der Waals surface area contributed by atoms with E-state index < -0.39 is 41.3 Å². The van der Waals surface area contributed by atoms with Crippen molar-refractivity contribution < 1.29 is 37.1 Å². The first kappa shape index (κ1) is 23.1. The van der Waals surface area contributed by atoms with Gasteiger partial charge in [-0.05, 0) is 42.5 Å². The Morgan fingerprint density at radius 1 is 0.515 bits per heavy atom. The fourth-order valence-corrected chi connectivity index (χ4v) is 2.73. The second kappa shape index (κ2) is 9.68. The van der Waals surface area contributed by atoms with Crippen molar-refractivity contribution in [3.8, 4) is 0 Å². The first-order valence-corrected chi connectivity index (χ1v) is 9.04. The van der Waals surface area contributed by atoms with Crippen molar-refractivity contribution in [1.82, 2.24) is 0 Å². The van der Waals surface area contributed by atoms with E-state index in [0.29, 0.717) is 12.1 Å². The third kappa shape index (κ3) is 6.69. The van der Waals surface area contributed by atoms with Crippen LogP contribution in [0.15, 0.2) is 54.6 Å². The Morgan fingerprint density at radius 3 is 1.12 bits per heavy atom. The molecule has 0 spiro atoms. The fourth-order valence-electron chi connectivity index (χ4n) is 2.73. The molecule has 0 radical (unpaired) electrons. The number of aromatic carboxylic acids is 1. The number of rotatable bonds is 5. The van der Waals surface area contributed by atoms with Gasteiger partial charge >= 0.3 is 18.0 Å². The highest BCUT2D eigenvalue weighted by molar-refractivity contribution is 6.03. The van der Waals surface area contributed by atoms with Crippen molar-refractivity contribution in [3.05, 3.63) is 83.4 Å². The summed E-state index contributed by atoms with van der Waals surface area (Å²) in [5.74, 6) is -5.08. The third-order valence-electron chi connectivity index (χ3n) is 3.94. The van der Waals surface area contributed by atoms with Gasteiger partial charge in [0.1, 0.15) is 23.3 Å². The maximum atomic E-state index is 13.3. The van der Waals surface area contributed by atoms with Crippen LogP contribution in [0.25, 0.3) is 0 Å². The van der Waals surface area contributed by atoms with E-state index in [4.69, 9.17) is 0 Å². The zero-order valence-corrected chi connectivity index (χ0v) is 16.4. The monoisotopic (exact) mass is 462 g/mol. The summed E-state index contributed by atoms with van der Waals surface area (Å²) in [6, 6.07) is 6.10. The lowest BCUT2D eigenvalue weighted by Gasteiger charge is -2.12. The molecule has 8 nitrogen and oxygen atoms in total. The van der Waals surface area contributed by atoms with Gasteiger partial charge in [-0.1, -0.05) is 0 Å². The van der Waals surface area contributed by atoms with Crippen molar-refractivity contribution in [1.29, 1.82) is 0 Å². The molecule has 0 unspecified atom stereocenters. The first-order valence-electron chi connectivity index (χ1n) is 9.04. The van der Waals surface area contributed by atoms with Crippen molar-refractivity contribution in [2.24, 2.45) is 0 Å². The largest absolute Gasteiger partial charge is 0.478 e. The molecule has 3 aromatic carbocycles. The number of urea groups is 2. The summed E-state index contributed by atoms with van der Waals surface area (Å²) in [5.41, 5.74) is -0.886. The van der Waals surface area contributed by atoms with E-state index in [1.54, 1.807) is 0 Å². The summed E-state index contributed by atoms with van der Waals surface area (Å²) in [5, 5.41) is 18.2. The van der Waals surface area contributed by atoms with Gasteiger partial charge in [0.25, 0.3) is 0 Å². The predicted molar refractivity (Wildman–Crippen MR) is 111 cm³/mol. The standard InChI is InChI=1S/C21H14F4N4O4/c22-11-3-12(23)6-17(5-11)28-20(32)26-15-1-10(19(30)31)2-16(9-15)27-21(33)29-18-7-13(24)4-14(25)8-18/h1-9H,(H,30,31)(H2,26,28,32)(H2,27,29,33). The number of carbonyl (C=O) groups excluding carboxylic acids is 2. The Labute approximate surface area is 183 Å². The summed E-state index contributed by atoms with van der Waals surface area (Å²) in [4.78, 5) is 35.7. The molecule has 5 N–H and O–H groups in total. The SMILES string of the molecule is O=C(Nc1cc(F)cc(F)c1)Nc1cc(NC(=O)Nc2cc(F)cc(F)c2)cc(C(=O)O)c1. The molecule has 0 fully saturated rings. The Kier molecular flexibility index (Phi) is 6.77. The predicted octanol–water partition coefficient (Wildman–Crippen LogP) is 5.23. The Bertz CT molecular complexity index is 1130. The van der Waals surface area contributed by atoms with Gasteiger partial charge in [-0.15, -0.1) is 0 Å². The van der Waals surface area contributed by atoms with Gasteiger partial charge in [-0.2, -0.15) is 0 Å². The van der Waals surface area contributed by atoms with Gasteiger partial charge in [-0.25, -0.2) is 31.9 Å². The third-order valence-corrected chi connectivity index (χ3v) is 3.94. The zero-order chi connectivity index (χ0) is 24.1. The maximum absolute atomic E-state index is 13.3. The molecule has 0 saturated carbocycles. The van der Waals surface area contributed by atoms with Crippen LogP contribution in [0.3, 0.4) is 0 Å². The van der Waals surface area contributed by atoms with Crippen molar-refractivity contribution in [2.75, 3.05) is 21.3 Å². The van der Waals surface area contributed by atoms with Crippen LogP contribution in [0.1, 0.15) is 10.4 Å². The molecule has 0 aliphatic carbocycles. The van der Waals surface area contributed by atoms with Gasteiger partial charge in [-0.3, -0.25) is 0 Å². The molecule has 0 aromatic heterocycles. The number of hydrogen-bond acceptors (Lipinski definition) is 3. The van der Waals surface area contributed by atoms with Crippen LogP contribution in [0.5, 0.6) is 0 Å². The summed E-state index contributed by atoms with van der Waals surface area (Å²) < 4.78 is 53.0. The lowest BCUT2D eigenvalue weighted by molar-refractivity contribution is 0.0697. The average Bonchev–Trinajstić information content (AvgIpc) is 2.65. The Hall–Kier alpha value is -4.61. The molecular formula is C21H14F4N4O4. The first-order chi connectivity index (χ1) is 15.6. The van der Waals surface area contributed by atoms with Crippen LogP contribution >= 0.6 is 0 Å². The molecule has 3 aromatic rings. The second-order valence-corrected chi connectivity index (χ2v) is 6.58. The highest BCUT2D eigenvalue weighted by Gasteiger charge is 2.13. The molecule has 0 bridgehead atoms. The van der Waals surface area contributed by atoms with E-state index in [9.17, 15) is 37.1 Å². The minimum Gasteiger partial charge on any atom is -0.478 e. The number of carboxylic acid groups (broad SMARTS) is 1. The Balaban J connectivity index is 1.75.